The van der Waals surface area contributed by atoms with Gasteiger partial charge in [0.05, 0.1) is 0 Å². The molecule has 0 amide bonds. The van der Waals surface area contributed by atoms with Crippen molar-refractivity contribution in [3.05, 3.63) is 45.5 Å². The Morgan fingerprint density at radius 1 is 1.57 bits per heavy atom. The molecule has 0 saturated heterocycles. The Morgan fingerprint density at radius 3 is 3.07 bits per heavy atom. The molecule has 0 saturated carbocycles. The zero-order valence-electron chi connectivity index (χ0n) is 7.27. The van der Waals surface area contributed by atoms with Crippen molar-refractivity contribution in [2.24, 2.45) is 5.73 Å². The zero-order valence-corrected chi connectivity index (χ0v) is 8.03. The molecule has 72 valence electrons. The molecule has 2 aromatic heterocycles. The van der Waals surface area contributed by atoms with E-state index in [1.54, 1.807) is 18.3 Å². The summed E-state index contributed by atoms with van der Waals surface area (Å²) in [7, 11) is 0. The average molecular weight is 210 g/mol. The highest BCUT2D eigenvalue weighted by molar-refractivity contribution is 6.30. The van der Waals surface area contributed by atoms with Crippen molar-refractivity contribution in [3.8, 4) is 0 Å². The van der Waals surface area contributed by atoms with Crippen molar-refractivity contribution in [3.63, 3.8) is 0 Å². The summed E-state index contributed by atoms with van der Waals surface area (Å²) in [6, 6.07) is 3.27. The minimum absolute atomic E-state index is 0.144. The van der Waals surface area contributed by atoms with E-state index in [9.17, 15) is 4.79 Å². The predicted molar refractivity (Wildman–Crippen MR) is 54.4 cm³/mol. The smallest absolute Gasteiger partial charge is 0.262 e. The number of hydrogen-bond donors (Lipinski definition) is 1. The fraction of sp³-hybridized carbons (Fsp3) is 0.111. The molecule has 0 fully saturated rings. The lowest BCUT2D eigenvalue weighted by molar-refractivity contribution is 0.946. The summed E-state index contributed by atoms with van der Waals surface area (Å²) in [6.07, 6.45) is 3.07. The van der Waals surface area contributed by atoms with Crippen molar-refractivity contribution < 1.29 is 0 Å². The topological polar surface area (TPSA) is 60.4 Å². The molecule has 0 aromatic carbocycles. The van der Waals surface area contributed by atoms with Crippen LogP contribution >= 0.6 is 11.6 Å². The molecular weight excluding hydrogens is 202 g/mol. The lowest BCUT2D eigenvalue weighted by Gasteiger charge is -2.01. The van der Waals surface area contributed by atoms with Gasteiger partial charge in [0, 0.05) is 35.6 Å². The first-order valence-corrected chi connectivity index (χ1v) is 4.46. The van der Waals surface area contributed by atoms with Crippen molar-refractivity contribution in [1.82, 2.24) is 9.38 Å². The van der Waals surface area contributed by atoms with E-state index in [1.165, 1.54) is 10.6 Å². The van der Waals surface area contributed by atoms with Crippen LogP contribution in [0.4, 0.5) is 0 Å². The number of nitrogens with two attached hydrogens (primary N) is 1. The van der Waals surface area contributed by atoms with Gasteiger partial charge in [-0.1, -0.05) is 11.6 Å². The molecule has 2 rings (SSSR count). The van der Waals surface area contributed by atoms with Crippen LogP contribution in [0.15, 0.2) is 29.3 Å². The Kier molecular flexibility index (Phi) is 2.23. The summed E-state index contributed by atoms with van der Waals surface area (Å²) >= 11 is 5.76. The van der Waals surface area contributed by atoms with Gasteiger partial charge < -0.3 is 5.73 Å². The lowest BCUT2D eigenvalue weighted by Crippen LogP contribution is -2.21. The molecule has 2 N–H and O–H groups in total. The van der Waals surface area contributed by atoms with Crippen LogP contribution in [0, 0.1) is 0 Å². The molecule has 0 bridgehead atoms. The van der Waals surface area contributed by atoms with Crippen molar-refractivity contribution >= 4 is 17.2 Å². The molecule has 0 spiro atoms. The first-order valence-electron chi connectivity index (χ1n) is 4.08. The molecule has 4 nitrogen and oxygen atoms in total. The van der Waals surface area contributed by atoms with Crippen LogP contribution in [0.3, 0.4) is 0 Å². The minimum atomic E-state index is -0.144. The molecule has 0 atom stereocenters. The van der Waals surface area contributed by atoms with Gasteiger partial charge in [-0.05, 0) is 6.07 Å². The van der Waals surface area contributed by atoms with Gasteiger partial charge in [0.25, 0.3) is 5.56 Å². The average Bonchev–Trinajstić information content (AvgIpc) is 2.18. The Morgan fingerprint density at radius 2 is 2.36 bits per heavy atom. The van der Waals surface area contributed by atoms with E-state index in [-0.39, 0.29) is 12.1 Å². The van der Waals surface area contributed by atoms with Crippen LogP contribution in [0.1, 0.15) is 5.56 Å². The van der Waals surface area contributed by atoms with Crippen LogP contribution in [0.2, 0.25) is 5.02 Å². The van der Waals surface area contributed by atoms with Crippen LogP contribution in [0.25, 0.3) is 5.65 Å². The van der Waals surface area contributed by atoms with Gasteiger partial charge in [-0.25, -0.2) is 4.98 Å². The third-order valence-electron chi connectivity index (χ3n) is 1.96. The monoisotopic (exact) mass is 209 g/mol. The van der Waals surface area contributed by atoms with Gasteiger partial charge in [0.15, 0.2) is 0 Å². The zero-order chi connectivity index (χ0) is 10.1. The van der Waals surface area contributed by atoms with Gasteiger partial charge in [-0.2, -0.15) is 0 Å². The standard InChI is InChI=1S/C9H8ClN3O/c10-7-1-2-13-8(3-7)12-5-6(4-11)9(13)14/h1-3,5H,4,11H2. The molecular formula is C9H8ClN3O. The number of halogens is 1. The fourth-order valence-electron chi connectivity index (χ4n) is 1.23. The van der Waals surface area contributed by atoms with Crippen molar-refractivity contribution in [1.29, 1.82) is 0 Å². The number of fused-ring (bicyclic) bond motifs is 1. The van der Waals surface area contributed by atoms with Crippen LogP contribution in [0.5, 0.6) is 0 Å². The van der Waals surface area contributed by atoms with E-state index in [0.717, 1.165) is 0 Å². The molecule has 0 aliphatic rings. The minimum Gasteiger partial charge on any atom is -0.326 e. The van der Waals surface area contributed by atoms with E-state index in [0.29, 0.717) is 16.2 Å². The van der Waals surface area contributed by atoms with Crippen molar-refractivity contribution in [2.75, 3.05) is 0 Å². The summed E-state index contributed by atoms with van der Waals surface area (Å²) in [5, 5.41) is 0.553. The van der Waals surface area contributed by atoms with E-state index < -0.39 is 0 Å². The SMILES string of the molecule is NCc1cnc2cc(Cl)ccn2c1=O. The molecule has 0 aliphatic heterocycles. The normalized spacial score (nSPS) is 10.7. The number of pyridine rings is 1. The Balaban J connectivity index is 2.84. The summed E-state index contributed by atoms with van der Waals surface area (Å²) in [4.78, 5) is 15.7. The van der Waals surface area contributed by atoms with E-state index in [2.05, 4.69) is 4.98 Å². The maximum atomic E-state index is 11.7. The molecule has 0 radical (unpaired) electrons. The van der Waals surface area contributed by atoms with E-state index in [1.807, 2.05) is 0 Å². The summed E-state index contributed by atoms with van der Waals surface area (Å²) in [5.74, 6) is 0. The Hall–Kier alpha value is -1.39. The highest BCUT2D eigenvalue weighted by Gasteiger charge is 2.02. The van der Waals surface area contributed by atoms with Gasteiger partial charge in [-0.3, -0.25) is 9.20 Å². The fourth-order valence-corrected chi connectivity index (χ4v) is 1.38. The molecule has 2 aromatic rings. The van der Waals surface area contributed by atoms with Gasteiger partial charge in [0.1, 0.15) is 5.65 Å². The summed E-state index contributed by atoms with van der Waals surface area (Å²) in [6.45, 7) is 0.192. The number of rotatable bonds is 1. The number of nitrogens with zero attached hydrogens (tertiary/aromatic N) is 2. The van der Waals surface area contributed by atoms with E-state index >= 15 is 0 Å². The van der Waals surface area contributed by atoms with Crippen LogP contribution in [-0.4, -0.2) is 9.38 Å². The predicted octanol–water partition coefficient (Wildman–Crippen LogP) is 0.807. The maximum Gasteiger partial charge on any atom is 0.262 e. The van der Waals surface area contributed by atoms with Crippen LogP contribution in [-0.2, 0) is 6.54 Å². The molecule has 2 heterocycles. The molecule has 5 heteroatoms. The van der Waals surface area contributed by atoms with Gasteiger partial charge in [0.2, 0.25) is 0 Å². The lowest BCUT2D eigenvalue weighted by atomic mass is 10.3. The third kappa shape index (κ3) is 1.38. The molecule has 0 unspecified atom stereocenters. The first kappa shape index (κ1) is 9.18. The van der Waals surface area contributed by atoms with Crippen LogP contribution < -0.4 is 11.3 Å². The maximum absolute atomic E-state index is 11.7. The summed E-state index contributed by atoms with van der Waals surface area (Å²) in [5.41, 5.74) is 6.27. The molecule has 0 aliphatic carbocycles. The Labute approximate surface area is 84.9 Å². The van der Waals surface area contributed by atoms with E-state index in [4.69, 9.17) is 17.3 Å². The quantitative estimate of drug-likeness (QED) is 0.756. The van der Waals surface area contributed by atoms with Crippen molar-refractivity contribution in [2.45, 2.75) is 6.54 Å². The number of hydrogen-bond acceptors (Lipinski definition) is 3. The highest BCUT2D eigenvalue weighted by atomic mass is 35.5. The van der Waals surface area contributed by atoms with Gasteiger partial charge in [-0.15, -0.1) is 0 Å². The second kappa shape index (κ2) is 3.40. The van der Waals surface area contributed by atoms with Gasteiger partial charge >= 0.3 is 0 Å². The third-order valence-corrected chi connectivity index (χ3v) is 2.20. The largest absolute Gasteiger partial charge is 0.326 e. The Bertz CT molecular complexity index is 535. The second-order valence-electron chi connectivity index (χ2n) is 2.87. The highest BCUT2D eigenvalue weighted by Crippen LogP contribution is 2.08. The second-order valence-corrected chi connectivity index (χ2v) is 3.30. The first-order chi connectivity index (χ1) is 6.72. The summed E-state index contributed by atoms with van der Waals surface area (Å²) < 4.78 is 1.42. The molecule has 14 heavy (non-hydrogen) atoms. The number of aromatic nitrogens is 2.